The summed E-state index contributed by atoms with van der Waals surface area (Å²) in [5.41, 5.74) is 1.94. The van der Waals surface area contributed by atoms with E-state index in [0.717, 1.165) is 5.56 Å². The summed E-state index contributed by atoms with van der Waals surface area (Å²) in [6.45, 7) is 3.35. The van der Waals surface area contributed by atoms with E-state index in [1.807, 2.05) is 34.9 Å². The summed E-state index contributed by atoms with van der Waals surface area (Å²) in [6.07, 6.45) is 0. The highest BCUT2D eigenvalue weighted by molar-refractivity contribution is 5.95. The Kier molecular flexibility index (Phi) is 4.89. The Morgan fingerprint density at radius 2 is 1.96 bits per heavy atom. The van der Waals surface area contributed by atoms with Crippen molar-refractivity contribution in [2.75, 3.05) is 18.5 Å². The van der Waals surface area contributed by atoms with E-state index < -0.39 is 5.97 Å². The van der Waals surface area contributed by atoms with Crippen molar-refractivity contribution >= 4 is 17.5 Å². The summed E-state index contributed by atoms with van der Waals surface area (Å²) in [5, 5.41) is 3.26. The van der Waals surface area contributed by atoms with Crippen LogP contribution >= 0.6 is 0 Å². The van der Waals surface area contributed by atoms with E-state index in [1.54, 1.807) is 19.1 Å². The predicted molar refractivity (Wildman–Crippen MR) is 104 cm³/mol. The van der Waals surface area contributed by atoms with E-state index in [-0.39, 0.29) is 23.5 Å². The minimum atomic E-state index is -0.492. The molecule has 0 radical (unpaired) electrons. The Balaban J connectivity index is 1.99. The lowest BCUT2D eigenvalue weighted by Gasteiger charge is -2.14. The number of rotatable bonds is 4. The number of hydrogen-bond donors (Lipinski definition) is 1. The Labute approximate surface area is 161 Å². The second-order valence-corrected chi connectivity index (χ2v) is 6.24. The highest BCUT2D eigenvalue weighted by atomic mass is 19.1. The van der Waals surface area contributed by atoms with Gasteiger partial charge in [0, 0.05) is 18.7 Å². The molecule has 7 heteroatoms. The summed E-state index contributed by atoms with van der Waals surface area (Å²) in [6, 6.07) is 15.4. The maximum absolute atomic E-state index is 13.3. The molecule has 2 heterocycles. The van der Waals surface area contributed by atoms with Gasteiger partial charge in [-0.3, -0.25) is 0 Å². The molecular weight excluding hydrogens is 359 g/mol. The number of benzene rings is 2. The van der Waals surface area contributed by atoms with Crippen molar-refractivity contribution in [2.45, 2.75) is 13.5 Å². The fourth-order valence-electron chi connectivity index (χ4n) is 3.17. The Morgan fingerprint density at radius 1 is 1.21 bits per heavy atom. The highest BCUT2D eigenvalue weighted by Crippen LogP contribution is 2.26. The molecule has 0 bridgehead atoms. The molecule has 3 aromatic rings. The molecule has 0 saturated heterocycles. The first-order chi connectivity index (χ1) is 13.7. The minimum Gasteiger partial charge on any atom is -0.462 e. The van der Waals surface area contributed by atoms with Crippen LogP contribution in [-0.2, 0) is 11.3 Å². The van der Waals surface area contributed by atoms with E-state index in [0.29, 0.717) is 30.4 Å². The standard InChI is InChI=1S/C21H19FN4O2/c1-2-28-21(27)17-18(24-16-10-8-15(22)9-11-16)25-19(14-6-4-3-5-7-14)26-13-12-23-20(17)26/h3-11,23H,2,12-13H2,1H3. The zero-order chi connectivity index (χ0) is 19.5. The molecule has 1 N–H and O–H groups in total. The third-order valence-electron chi connectivity index (χ3n) is 4.40. The molecule has 1 aliphatic heterocycles. The van der Waals surface area contributed by atoms with Crippen molar-refractivity contribution in [2.24, 2.45) is 4.99 Å². The first-order valence-electron chi connectivity index (χ1n) is 9.09. The van der Waals surface area contributed by atoms with Crippen molar-refractivity contribution in [3.8, 4) is 11.4 Å². The molecule has 1 aromatic heterocycles. The number of hydrogen-bond acceptors (Lipinski definition) is 5. The summed E-state index contributed by atoms with van der Waals surface area (Å²) in [5.74, 6) is 0.491. The number of anilines is 1. The van der Waals surface area contributed by atoms with Gasteiger partial charge in [0.05, 0.1) is 12.3 Å². The van der Waals surface area contributed by atoms with Crippen LogP contribution in [0.3, 0.4) is 0 Å². The van der Waals surface area contributed by atoms with E-state index in [1.165, 1.54) is 12.1 Å². The molecular formula is C21H19FN4O2. The first kappa shape index (κ1) is 17.9. The molecule has 6 nitrogen and oxygen atoms in total. The van der Waals surface area contributed by atoms with Gasteiger partial charge < -0.3 is 14.6 Å². The lowest BCUT2D eigenvalue weighted by atomic mass is 10.2. The Bertz CT molecular complexity index is 1080. The maximum Gasteiger partial charge on any atom is 0.345 e. The Morgan fingerprint density at radius 3 is 2.68 bits per heavy atom. The lowest BCUT2D eigenvalue weighted by molar-refractivity contribution is 0.0524. The van der Waals surface area contributed by atoms with Crippen LogP contribution in [0.15, 0.2) is 59.6 Å². The van der Waals surface area contributed by atoms with Gasteiger partial charge >= 0.3 is 5.97 Å². The van der Waals surface area contributed by atoms with E-state index >= 15 is 0 Å². The SMILES string of the molecule is CCOC(=O)c1c2n(c(-c3ccccc3)nc1=Nc1ccc(F)cc1)CCN2. The van der Waals surface area contributed by atoms with Crippen LogP contribution in [0.2, 0.25) is 0 Å². The monoisotopic (exact) mass is 378 g/mol. The topological polar surface area (TPSA) is 68.5 Å². The molecule has 0 aliphatic carbocycles. The summed E-state index contributed by atoms with van der Waals surface area (Å²) >= 11 is 0. The predicted octanol–water partition coefficient (Wildman–Crippen LogP) is 3.52. The molecule has 28 heavy (non-hydrogen) atoms. The number of nitrogens with one attached hydrogen (secondary N) is 1. The summed E-state index contributed by atoms with van der Waals surface area (Å²) in [4.78, 5) is 21.9. The van der Waals surface area contributed by atoms with Gasteiger partial charge in [-0.2, -0.15) is 0 Å². The fourth-order valence-corrected chi connectivity index (χ4v) is 3.17. The highest BCUT2D eigenvalue weighted by Gasteiger charge is 2.26. The van der Waals surface area contributed by atoms with Crippen LogP contribution in [0.1, 0.15) is 17.3 Å². The van der Waals surface area contributed by atoms with E-state index in [2.05, 4.69) is 10.3 Å². The van der Waals surface area contributed by atoms with E-state index in [4.69, 9.17) is 9.72 Å². The number of carbonyl (C=O) groups excluding carboxylic acids is 1. The zero-order valence-electron chi connectivity index (χ0n) is 15.4. The second kappa shape index (κ2) is 7.64. The van der Waals surface area contributed by atoms with Crippen LogP contribution in [0.5, 0.6) is 0 Å². The molecule has 0 saturated carbocycles. The number of carbonyl (C=O) groups is 1. The number of aromatic nitrogens is 2. The van der Waals surface area contributed by atoms with Crippen LogP contribution in [-0.4, -0.2) is 28.7 Å². The number of esters is 1. The number of fused-ring (bicyclic) bond motifs is 1. The summed E-state index contributed by atoms with van der Waals surface area (Å²) in [7, 11) is 0. The van der Waals surface area contributed by atoms with Gasteiger partial charge in [0.15, 0.2) is 5.49 Å². The molecule has 1 aliphatic rings. The molecule has 2 aromatic carbocycles. The van der Waals surface area contributed by atoms with Crippen molar-refractivity contribution in [3.63, 3.8) is 0 Å². The van der Waals surface area contributed by atoms with Crippen molar-refractivity contribution in [3.05, 3.63) is 71.5 Å². The second-order valence-electron chi connectivity index (χ2n) is 6.24. The summed E-state index contributed by atoms with van der Waals surface area (Å²) < 4.78 is 20.5. The van der Waals surface area contributed by atoms with Crippen LogP contribution < -0.4 is 10.8 Å². The van der Waals surface area contributed by atoms with Crippen molar-refractivity contribution < 1.29 is 13.9 Å². The number of ether oxygens (including phenoxy) is 1. The first-order valence-corrected chi connectivity index (χ1v) is 9.09. The zero-order valence-corrected chi connectivity index (χ0v) is 15.4. The third kappa shape index (κ3) is 3.38. The Hall–Kier alpha value is -3.48. The maximum atomic E-state index is 13.3. The quantitative estimate of drug-likeness (QED) is 0.706. The fraction of sp³-hybridized carbons (Fsp3) is 0.190. The smallest absolute Gasteiger partial charge is 0.345 e. The molecule has 142 valence electrons. The van der Waals surface area contributed by atoms with Gasteiger partial charge in [-0.05, 0) is 31.2 Å². The van der Waals surface area contributed by atoms with Gasteiger partial charge in [-0.25, -0.2) is 19.2 Å². The molecule has 0 atom stereocenters. The van der Waals surface area contributed by atoms with Gasteiger partial charge in [-0.1, -0.05) is 30.3 Å². The average molecular weight is 378 g/mol. The van der Waals surface area contributed by atoms with Crippen LogP contribution in [0.25, 0.3) is 11.4 Å². The number of nitrogens with zero attached hydrogens (tertiary/aromatic N) is 3. The van der Waals surface area contributed by atoms with Gasteiger partial charge in [-0.15, -0.1) is 0 Å². The van der Waals surface area contributed by atoms with E-state index in [9.17, 15) is 9.18 Å². The average Bonchev–Trinajstić information content (AvgIpc) is 3.19. The molecule has 4 rings (SSSR count). The largest absolute Gasteiger partial charge is 0.462 e. The van der Waals surface area contributed by atoms with Crippen LogP contribution in [0, 0.1) is 5.82 Å². The number of halogens is 1. The van der Waals surface area contributed by atoms with Gasteiger partial charge in [0.2, 0.25) is 0 Å². The normalized spacial score (nSPS) is 13.1. The molecule has 0 amide bonds. The minimum absolute atomic E-state index is 0.240. The van der Waals surface area contributed by atoms with Crippen molar-refractivity contribution in [1.29, 1.82) is 0 Å². The lowest BCUT2D eigenvalue weighted by Crippen LogP contribution is -2.26. The molecule has 0 fully saturated rings. The molecule has 0 spiro atoms. The third-order valence-corrected chi connectivity index (χ3v) is 4.40. The van der Waals surface area contributed by atoms with Gasteiger partial charge in [0.1, 0.15) is 23.0 Å². The van der Waals surface area contributed by atoms with Crippen LogP contribution in [0.4, 0.5) is 15.9 Å². The molecule has 0 unspecified atom stereocenters. The van der Waals surface area contributed by atoms with Gasteiger partial charge in [0.25, 0.3) is 0 Å². The van der Waals surface area contributed by atoms with Crippen molar-refractivity contribution in [1.82, 2.24) is 9.55 Å².